The first kappa shape index (κ1) is 16.5. The third kappa shape index (κ3) is 4.07. The van der Waals surface area contributed by atoms with Crippen LogP contribution in [0, 0.1) is 0 Å². The Balaban J connectivity index is 2.08. The lowest BCUT2D eigenvalue weighted by Crippen LogP contribution is -2.36. The van der Waals surface area contributed by atoms with E-state index in [2.05, 4.69) is 48.4 Å². The van der Waals surface area contributed by atoms with Gasteiger partial charge < -0.3 is 10.0 Å². The van der Waals surface area contributed by atoms with Crippen molar-refractivity contribution in [1.82, 2.24) is 14.7 Å². The van der Waals surface area contributed by atoms with Crippen molar-refractivity contribution in [2.75, 3.05) is 13.1 Å². The molecule has 1 saturated heterocycles. The molecule has 0 saturated carbocycles. The molecule has 0 amide bonds. The summed E-state index contributed by atoms with van der Waals surface area (Å²) >= 11 is 0. The highest BCUT2D eigenvalue weighted by Crippen LogP contribution is 2.27. The van der Waals surface area contributed by atoms with E-state index in [0.717, 1.165) is 57.4 Å². The van der Waals surface area contributed by atoms with Crippen LogP contribution in [0.3, 0.4) is 0 Å². The maximum Gasteiger partial charge on any atom is 0.0715 e. The van der Waals surface area contributed by atoms with Crippen LogP contribution in [-0.2, 0) is 19.4 Å². The number of aliphatic hydroxyl groups is 1. The zero-order valence-corrected chi connectivity index (χ0v) is 14.1. The van der Waals surface area contributed by atoms with E-state index in [9.17, 15) is 5.11 Å². The SMILES string of the molecule is CCc1cc(CC2(O)CCCN(C(C)C)CC2)n(CC)n1. The van der Waals surface area contributed by atoms with E-state index >= 15 is 0 Å². The zero-order valence-electron chi connectivity index (χ0n) is 14.1. The fourth-order valence-corrected chi connectivity index (χ4v) is 3.33. The molecule has 0 spiro atoms. The van der Waals surface area contributed by atoms with Gasteiger partial charge in [-0.1, -0.05) is 6.92 Å². The van der Waals surface area contributed by atoms with Gasteiger partial charge in [0.15, 0.2) is 0 Å². The Bertz CT molecular complexity index is 455. The molecule has 2 rings (SSSR count). The molecule has 4 heteroatoms. The van der Waals surface area contributed by atoms with Crippen molar-refractivity contribution in [2.24, 2.45) is 0 Å². The van der Waals surface area contributed by atoms with E-state index in [1.807, 2.05) is 0 Å². The summed E-state index contributed by atoms with van der Waals surface area (Å²) in [6, 6.07) is 2.74. The van der Waals surface area contributed by atoms with Gasteiger partial charge in [-0.2, -0.15) is 5.10 Å². The minimum absolute atomic E-state index is 0.568. The molecule has 1 atom stereocenters. The molecule has 1 fully saturated rings. The van der Waals surface area contributed by atoms with Crippen LogP contribution < -0.4 is 0 Å². The predicted molar refractivity (Wildman–Crippen MR) is 86.5 cm³/mol. The Morgan fingerprint density at radius 2 is 2.05 bits per heavy atom. The molecule has 1 aliphatic heterocycles. The summed E-state index contributed by atoms with van der Waals surface area (Å²) in [6.45, 7) is 11.7. The molecule has 21 heavy (non-hydrogen) atoms. The molecule has 1 N–H and O–H groups in total. The van der Waals surface area contributed by atoms with E-state index < -0.39 is 5.60 Å². The highest BCUT2D eigenvalue weighted by atomic mass is 16.3. The maximum atomic E-state index is 11.0. The van der Waals surface area contributed by atoms with Gasteiger partial charge in [-0.15, -0.1) is 0 Å². The molecule has 1 unspecified atom stereocenters. The van der Waals surface area contributed by atoms with Crippen LogP contribution >= 0.6 is 0 Å². The first-order valence-electron chi connectivity index (χ1n) is 8.49. The lowest BCUT2D eigenvalue weighted by atomic mass is 9.89. The molecule has 0 aliphatic carbocycles. The van der Waals surface area contributed by atoms with Crippen molar-refractivity contribution in [1.29, 1.82) is 0 Å². The summed E-state index contributed by atoms with van der Waals surface area (Å²) in [5.74, 6) is 0. The van der Waals surface area contributed by atoms with Gasteiger partial charge in [0.1, 0.15) is 0 Å². The molecule has 1 aromatic rings. The number of hydrogen-bond donors (Lipinski definition) is 1. The highest BCUT2D eigenvalue weighted by molar-refractivity contribution is 5.13. The zero-order chi connectivity index (χ0) is 15.5. The Hall–Kier alpha value is -0.870. The number of likely N-dealkylation sites (tertiary alicyclic amines) is 1. The summed E-state index contributed by atoms with van der Waals surface area (Å²) in [4.78, 5) is 2.48. The van der Waals surface area contributed by atoms with Crippen molar-refractivity contribution < 1.29 is 5.11 Å². The monoisotopic (exact) mass is 293 g/mol. The van der Waals surface area contributed by atoms with Crippen LogP contribution in [0.2, 0.25) is 0 Å². The third-order valence-corrected chi connectivity index (χ3v) is 4.77. The molecule has 4 nitrogen and oxygen atoms in total. The van der Waals surface area contributed by atoms with Gasteiger partial charge >= 0.3 is 0 Å². The Morgan fingerprint density at radius 1 is 1.29 bits per heavy atom. The second-order valence-corrected chi connectivity index (χ2v) is 6.68. The molecular formula is C17H31N3O. The Labute approximate surface area is 129 Å². The smallest absolute Gasteiger partial charge is 0.0715 e. The van der Waals surface area contributed by atoms with E-state index in [4.69, 9.17) is 0 Å². The van der Waals surface area contributed by atoms with E-state index in [-0.39, 0.29) is 0 Å². The summed E-state index contributed by atoms with van der Waals surface area (Å²) in [6.07, 6.45) is 4.53. The molecule has 1 aliphatic rings. The second-order valence-electron chi connectivity index (χ2n) is 6.68. The molecule has 0 aromatic carbocycles. The van der Waals surface area contributed by atoms with Crippen LogP contribution in [0.1, 0.15) is 58.3 Å². The van der Waals surface area contributed by atoms with Crippen LogP contribution in [0.25, 0.3) is 0 Å². The quantitative estimate of drug-likeness (QED) is 0.907. The van der Waals surface area contributed by atoms with Crippen molar-refractivity contribution in [3.05, 3.63) is 17.5 Å². The standard InChI is InChI=1S/C17H31N3O/c1-5-15-12-16(20(6-2)18-15)13-17(21)8-7-10-19(11-9-17)14(3)4/h12,14,21H,5-11,13H2,1-4H3. The minimum Gasteiger partial charge on any atom is -0.389 e. The lowest BCUT2D eigenvalue weighted by molar-refractivity contribution is 0.0230. The van der Waals surface area contributed by atoms with Gasteiger partial charge in [-0.3, -0.25) is 4.68 Å². The highest BCUT2D eigenvalue weighted by Gasteiger charge is 2.32. The fraction of sp³-hybridized carbons (Fsp3) is 0.824. The average Bonchev–Trinajstić information content (AvgIpc) is 2.72. The third-order valence-electron chi connectivity index (χ3n) is 4.77. The van der Waals surface area contributed by atoms with E-state index in [1.54, 1.807) is 0 Å². The van der Waals surface area contributed by atoms with Crippen molar-refractivity contribution in [2.45, 2.75) is 78.0 Å². The van der Waals surface area contributed by atoms with Crippen LogP contribution in [0.15, 0.2) is 6.07 Å². The summed E-state index contributed by atoms with van der Waals surface area (Å²) in [7, 11) is 0. The maximum absolute atomic E-state index is 11.0. The molecular weight excluding hydrogens is 262 g/mol. The predicted octanol–water partition coefficient (Wildman–Crippen LogP) is 2.63. The first-order chi connectivity index (χ1) is 9.97. The van der Waals surface area contributed by atoms with Gasteiger partial charge in [-0.05, 0) is 59.1 Å². The van der Waals surface area contributed by atoms with Crippen LogP contribution in [-0.4, -0.2) is 44.5 Å². The molecule has 2 heterocycles. The lowest BCUT2D eigenvalue weighted by Gasteiger charge is -2.28. The van der Waals surface area contributed by atoms with Crippen molar-refractivity contribution in [3.63, 3.8) is 0 Å². The molecule has 0 bridgehead atoms. The van der Waals surface area contributed by atoms with Gasteiger partial charge in [0.05, 0.1) is 11.3 Å². The average molecular weight is 293 g/mol. The molecule has 120 valence electrons. The van der Waals surface area contributed by atoms with Gasteiger partial charge in [0, 0.05) is 31.2 Å². The number of aryl methyl sites for hydroxylation is 2. The Morgan fingerprint density at radius 3 is 2.67 bits per heavy atom. The Kier molecular flexibility index (Phi) is 5.44. The first-order valence-corrected chi connectivity index (χ1v) is 8.49. The second kappa shape index (κ2) is 6.93. The minimum atomic E-state index is -0.568. The normalized spacial score (nSPS) is 24.5. The van der Waals surface area contributed by atoms with Gasteiger partial charge in [0.2, 0.25) is 0 Å². The van der Waals surface area contributed by atoms with E-state index in [1.165, 1.54) is 5.69 Å². The van der Waals surface area contributed by atoms with Gasteiger partial charge in [-0.25, -0.2) is 0 Å². The number of rotatable bonds is 5. The summed E-state index contributed by atoms with van der Waals surface area (Å²) < 4.78 is 2.06. The topological polar surface area (TPSA) is 41.3 Å². The van der Waals surface area contributed by atoms with Crippen molar-refractivity contribution in [3.8, 4) is 0 Å². The van der Waals surface area contributed by atoms with Gasteiger partial charge in [0.25, 0.3) is 0 Å². The van der Waals surface area contributed by atoms with Crippen LogP contribution in [0.4, 0.5) is 0 Å². The number of hydrogen-bond acceptors (Lipinski definition) is 3. The summed E-state index contributed by atoms with van der Waals surface area (Å²) in [5, 5.41) is 15.6. The fourth-order valence-electron chi connectivity index (χ4n) is 3.33. The van der Waals surface area contributed by atoms with E-state index in [0.29, 0.717) is 6.04 Å². The van der Waals surface area contributed by atoms with Crippen molar-refractivity contribution >= 4 is 0 Å². The number of nitrogens with zero attached hydrogens (tertiary/aromatic N) is 3. The van der Waals surface area contributed by atoms with Crippen LogP contribution in [0.5, 0.6) is 0 Å². The summed E-state index contributed by atoms with van der Waals surface area (Å²) in [5.41, 5.74) is 1.75. The largest absolute Gasteiger partial charge is 0.389 e. The number of aromatic nitrogens is 2. The molecule has 1 aromatic heterocycles. The molecule has 0 radical (unpaired) electrons.